The summed E-state index contributed by atoms with van der Waals surface area (Å²) in [6.45, 7) is 46.1. The van der Waals surface area contributed by atoms with Gasteiger partial charge in [-0.05, 0) is 92.6 Å². The molecule has 0 atom stereocenters. The van der Waals surface area contributed by atoms with Gasteiger partial charge in [-0.1, -0.05) is 209 Å². The van der Waals surface area contributed by atoms with Gasteiger partial charge in [0.15, 0.2) is 0 Å². The van der Waals surface area contributed by atoms with E-state index in [4.69, 9.17) is 17.0 Å². The van der Waals surface area contributed by atoms with E-state index in [1.807, 2.05) is 0 Å². The fraction of sp³-hybridized carbons (Fsp3) is 0.516. The predicted molar refractivity (Wildman–Crippen MR) is 299 cm³/mol. The summed E-state index contributed by atoms with van der Waals surface area (Å²) in [7, 11) is 11.0. The van der Waals surface area contributed by atoms with Crippen LogP contribution in [0.2, 0.25) is 13.1 Å². The van der Waals surface area contributed by atoms with Crippen molar-refractivity contribution >= 4 is 48.1 Å². The molecule has 0 amide bonds. The third kappa shape index (κ3) is 16.5. The molecule has 358 valence electrons. The molecule has 4 heteroatoms. The van der Waals surface area contributed by atoms with Crippen molar-refractivity contribution in [2.24, 2.45) is 11.8 Å². The second-order valence-electron chi connectivity index (χ2n) is 23.8. The monoisotopic (exact) mass is 1020 g/mol. The molecule has 0 N–H and O–H groups in total. The number of benzene rings is 4. The van der Waals surface area contributed by atoms with Crippen molar-refractivity contribution in [3.63, 3.8) is 0 Å². The maximum absolute atomic E-state index is 4.93. The van der Waals surface area contributed by atoms with Gasteiger partial charge < -0.3 is 0 Å². The van der Waals surface area contributed by atoms with E-state index in [1.165, 1.54) is 101 Å². The molecule has 6 rings (SSSR count). The van der Waals surface area contributed by atoms with E-state index in [0.717, 1.165) is 35.2 Å². The number of halogens is 2. The van der Waals surface area contributed by atoms with Crippen molar-refractivity contribution in [1.29, 1.82) is 0 Å². The molecule has 0 aliphatic carbocycles. The van der Waals surface area contributed by atoms with Crippen molar-refractivity contribution in [3.8, 4) is 22.3 Å². The summed E-state index contributed by atoms with van der Waals surface area (Å²) in [6, 6.07) is 33.9. The molecule has 0 aromatic heterocycles. The van der Waals surface area contributed by atoms with E-state index in [-0.39, 0.29) is 21.7 Å². The zero-order chi connectivity index (χ0) is 49.9. The first kappa shape index (κ1) is 58.1. The van der Waals surface area contributed by atoms with Gasteiger partial charge in [0.05, 0.1) is 0 Å². The molecule has 0 saturated carbocycles. The number of aryl methyl sites for hydroxylation is 2. The molecule has 0 heterocycles. The van der Waals surface area contributed by atoms with Crippen molar-refractivity contribution in [2.75, 3.05) is 0 Å². The first-order valence-electron chi connectivity index (χ1n) is 24.9. The fourth-order valence-corrected chi connectivity index (χ4v) is 8.87. The molecule has 0 fully saturated rings. The molecule has 66 heavy (non-hydrogen) atoms. The summed E-state index contributed by atoms with van der Waals surface area (Å²) in [5, 5.41) is 5.64. The van der Waals surface area contributed by atoms with Crippen LogP contribution in [0.1, 0.15) is 182 Å². The zero-order valence-electron chi connectivity index (χ0n) is 45.2. The van der Waals surface area contributed by atoms with E-state index in [9.17, 15) is 0 Å². The Morgan fingerprint density at radius 3 is 0.985 bits per heavy atom. The molecule has 6 aromatic carbocycles. The van der Waals surface area contributed by atoms with Crippen molar-refractivity contribution in [2.45, 2.75) is 198 Å². The maximum atomic E-state index is 4.93. The number of rotatable bonds is 10. The molecule has 0 spiro atoms. The van der Waals surface area contributed by atoms with Crippen molar-refractivity contribution < 1.29 is 20.8 Å². The Hall–Kier alpha value is -2.22. The average Bonchev–Trinajstić information content (AvgIpc) is 3.79. The van der Waals surface area contributed by atoms with E-state index in [0.29, 0.717) is 11.8 Å². The van der Waals surface area contributed by atoms with Crippen LogP contribution in [0.3, 0.4) is 0 Å². The molecule has 0 bridgehead atoms. The van der Waals surface area contributed by atoms with Gasteiger partial charge in [-0.2, -0.15) is 12.1 Å². The fourth-order valence-electron chi connectivity index (χ4n) is 8.87. The molecule has 0 nitrogen and oxygen atoms in total. The van der Waals surface area contributed by atoms with Crippen LogP contribution in [0.25, 0.3) is 43.8 Å². The summed E-state index contributed by atoms with van der Waals surface area (Å²) >= 11 is -0.826. The zero-order valence-corrected chi connectivity index (χ0v) is 50.2. The third-order valence-electron chi connectivity index (χ3n) is 12.3. The average molecular weight is 1020 g/mol. The van der Waals surface area contributed by atoms with Crippen LogP contribution in [0.15, 0.2) is 84.9 Å². The SMILES string of the molecule is CCCc1ccc2[cH-]c(CC(C)C)cc2c1-c1cc(C(C)(C)C)cc(C(C)(C)C)c1.CCCc1ccc2[cH-]c(CC(C)C)cc2c1-c1cc(C(C)(C)C)cc(C(C)(C)C)c1.C[Si]C.[Cl][Zr+2][Cl]. The first-order chi connectivity index (χ1) is 30.6. The van der Waals surface area contributed by atoms with Crippen LogP contribution in [0, 0.1) is 11.8 Å². The van der Waals surface area contributed by atoms with E-state index in [2.05, 4.69) is 223 Å². The molecule has 6 aromatic rings. The van der Waals surface area contributed by atoms with Crippen LogP contribution in [-0.2, 0) is 68.2 Å². The first-order valence-corrected chi connectivity index (χ1v) is 33.3. The van der Waals surface area contributed by atoms with Crippen LogP contribution in [0.4, 0.5) is 0 Å². The normalized spacial score (nSPS) is 12.1. The van der Waals surface area contributed by atoms with Crippen LogP contribution < -0.4 is 0 Å². The van der Waals surface area contributed by atoms with Crippen LogP contribution in [-0.4, -0.2) is 9.52 Å². The van der Waals surface area contributed by atoms with Gasteiger partial charge >= 0.3 is 37.9 Å². The Morgan fingerprint density at radius 1 is 0.485 bits per heavy atom. The second kappa shape index (κ2) is 25.1. The minimum atomic E-state index is -0.826. The minimum absolute atomic E-state index is 0.129. The standard InChI is InChI=1S/2C30H41.C2H6Si.2ClH.Zr/c2*1-10-11-22-12-13-23-15-21(14-20(2)3)16-27(23)28(22)24-17-25(29(4,5)6)19-26(18-24)30(7,8)9;1-3-2;;;/h2*12-13,15-20H,10-11,14H2,1-9H3;1-2H3;2*1H;/q2*-1;;;;+4/p-2. The predicted octanol–water partition coefficient (Wildman–Crippen LogP) is 20.1. The number of hydrogen-bond acceptors (Lipinski definition) is 0. The Labute approximate surface area is 427 Å². The quantitative estimate of drug-likeness (QED) is 0.0948. The van der Waals surface area contributed by atoms with E-state index >= 15 is 0 Å². The topological polar surface area (TPSA) is 0 Å². The Balaban J connectivity index is 0.000000313. The number of fused-ring (bicyclic) bond motifs is 2. The van der Waals surface area contributed by atoms with Gasteiger partial charge in [0, 0.05) is 9.52 Å². The molecular weight excluding hydrogens is 935 g/mol. The summed E-state index contributed by atoms with van der Waals surface area (Å²) in [5.41, 5.74) is 17.8. The summed E-state index contributed by atoms with van der Waals surface area (Å²) in [4.78, 5) is 0. The summed E-state index contributed by atoms with van der Waals surface area (Å²) < 4.78 is 0. The number of hydrogen-bond donors (Lipinski definition) is 0. The van der Waals surface area contributed by atoms with Gasteiger partial charge in [-0.25, -0.2) is 0 Å². The van der Waals surface area contributed by atoms with Gasteiger partial charge in [0.2, 0.25) is 0 Å². The Bertz CT molecular complexity index is 2190. The molecule has 0 aliphatic heterocycles. The van der Waals surface area contributed by atoms with E-state index in [1.54, 1.807) is 0 Å². The van der Waals surface area contributed by atoms with Crippen molar-refractivity contribution in [3.05, 3.63) is 129 Å². The van der Waals surface area contributed by atoms with Gasteiger partial charge in [-0.15, -0.1) is 69.1 Å². The second-order valence-corrected chi connectivity index (χ2v) is 28.5. The molecule has 0 aliphatic rings. The van der Waals surface area contributed by atoms with Crippen molar-refractivity contribution in [1.82, 2.24) is 0 Å². The van der Waals surface area contributed by atoms with Crippen LogP contribution >= 0.6 is 17.0 Å². The molecule has 2 radical (unpaired) electrons. The van der Waals surface area contributed by atoms with Gasteiger partial charge in [0.1, 0.15) is 0 Å². The molecule has 0 saturated heterocycles. The molecular formula is C62H88Cl2SiZr. The molecule has 0 unspecified atom stereocenters. The van der Waals surface area contributed by atoms with Crippen LogP contribution in [0.5, 0.6) is 0 Å². The van der Waals surface area contributed by atoms with E-state index < -0.39 is 20.8 Å². The summed E-state index contributed by atoms with van der Waals surface area (Å²) in [5.74, 6) is 1.36. The van der Waals surface area contributed by atoms with Gasteiger partial charge in [0.25, 0.3) is 0 Å². The third-order valence-corrected chi connectivity index (χ3v) is 12.3. The summed E-state index contributed by atoms with van der Waals surface area (Å²) in [6.07, 6.45) is 6.88. The Morgan fingerprint density at radius 2 is 0.758 bits per heavy atom. The van der Waals surface area contributed by atoms with Gasteiger partial charge in [-0.3, -0.25) is 0 Å². The Kier molecular flexibility index (Phi) is 22.1.